The summed E-state index contributed by atoms with van der Waals surface area (Å²) in [4.78, 5) is 29.6. The number of nitrogens with zero attached hydrogens (tertiary/aromatic N) is 2. The van der Waals surface area contributed by atoms with Crippen LogP contribution in [0.5, 0.6) is 0 Å². The van der Waals surface area contributed by atoms with Crippen molar-refractivity contribution in [2.45, 2.75) is 18.1 Å². The summed E-state index contributed by atoms with van der Waals surface area (Å²) >= 11 is 1.10. The van der Waals surface area contributed by atoms with Crippen LogP contribution in [0.3, 0.4) is 0 Å². The van der Waals surface area contributed by atoms with E-state index in [4.69, 9.17) is 4.74 Å². The van der Waals surface area contributed by atoms with Gasteiger partial charge in [0, 0.05) is 32.0 Å². The Balaban J connectivity index is 1.78. The summed E-state index contributed by atoms with van der Waals surface area (Å²) in [6.45, 7) is 0.887. The third-order valence-corrected chi connectivity index (χ3v) is 5.07. The molecule has 0 saturated carbocycles. The molecule has 3 rings (SSSR count). The van der Waals surface area contributed by atoms with Crippen LogP contribution in [0.4, 0.5) is 14.5 Å². The maximum absolute atomic E-state index is 13.3. The zero-order valence-electron chi connectivity index (χ0n) is 15.7. The van der Waals surface area contributed by atoms with Gasteiger partial charge in [-0.15, -0.1) is 0 Å². The standard InChI is InChI=1S/C20H19F2N3O3S/c1-28-10-4-9-25-19(27)14-5-2-3-6-17(14)24-20(25)29-12-18(26)23-13-7-8-15(21)16(22)11-13/h2-3,5-8,11H,4,9-10,12H2,1H3,(H,23,26). The second-order valence-corrected chi connectivity index (χ2v) is 7.12. The number of nitrogens with one attached hydrogen (secondary N) is 1. The number of hydrogen-bond donors (Lipinski definition) is 1. The highest BCUT2D eigenvalue weighted by molar-refractivity contribution is 7.99. The van der Waals surface area contributed by atoms with E-state index in [9.17, 15) is 18.4 Å². The topological polar surface area (TPSA) is 73.2 Å². The van der Waals surface area contributed by atoms with Crippen LogP contribution in [0.1, 0.15) is 6.42 Å². The van der Waals surface area contributed by atoms with Crippen LogP contribution in [-0.4, -0.2) is 34.9 Å². The number of carbonyl (C=O) groups excluding carboxylic acids is 1. The van der Waals surface area contributed by atoms with Crippen LogP contribution in [0.2, 0.25) is 0 Å². The lowest BCUT2D eigenvalue weighted by Crippen LogP contribution is -2.25. The van der Waals surface area contributed by atoms with Gasteiger partial charge < -0.3 is 10.1 Å². The Morgan fingerprint density at radius 3 is 2.76 bits per heavy atom. The lowest BCUT2D eigenvalue weighted by Gasteiger charge is -2.13. The van der Waals surface area contributed by atoms with Gasteiger partial charge in [-0.25, -0.2) is 13.8 Å². The molecule has 9 heteroatoms. The van der Waals surface area contributed by atoms with Gasteiger partial charge in [-0.1, -0.05) is 23.9 Å². The molecule has 6 nitrogen and oxygen atoms in total. The molecule has 0 aliphatic heterocycles. The molecule has 0 atom stereocenters. The van der Waals surface area contributed by atoms with E-state index in [0.717, 1.165) is 23.9 Å². The van der Waals surface area contributed by atoms with Gasteiger partial charge in [0.2, 0.25) is 5.91 Å². The molecule has 0 unspecified atom stereocenters. The number of fused-ring (bicyclic) bond motifs is 1. The van der Waals surface area contributed by atoms with Crippen molar-refractivity contribution in [2.75, 3.05) is 24.8 Å². The number of aromatic nitrogens is 2. The monoisotopic (exact) mass is 419 g/mol. The minimum absolute atomic E-state index is 0.0476. The SMILES string of the molecule is COCCCn1c(SCC(=O)Nc2ccc(F)c(F)c2)nc2ccccc2c1=O. The minimum atomic E-state index is -1.04. The predicted octanol–water partition coefficient (Wildman–Crippen LogP) is 3.44. The van der Waals surface area contributed by atoms with E-state index in [1.165, 1.54) is 10.6 Å². The smallest absolute Gasteiger partial charge is 0.262 e. The second-order valence-electron chi connectivity index (χ2n) is 6.18. The zero-order valence-corrected chi connectivity index (χ0v) is 16.5. The summed E-state index contributed by atoms with van der Waals surface area (Å²) < 4.78 is 32.9. The lowest BCUT2D eigenvalue weighted by molar-refractivity contribution is -0.113. The minimum Gasteiger partial charge on any atom is -0.385 e. The van der Waals surface area contributed by atoms with Gasteiger partial charge in [0.15, 0.2) is 16.8 Å². The molecule has 29 heavy (non-hydrogen) atoms. The van der Waals surface area contributed by atoms with E-state index in [2.05, 4.69) is 10.3 Å². The Kier molecular flexibility index (Phi) is 6.95. The average molecular weight is 419 g/mol. The quantitative estimate of drug-likeness (QED) is 0.344. The lowest BCUT2D eigenvalue weighted by atomic mass is 10.2. The fourth-order valence-electron chi connectivity index (χ4n) is 2.72. The summed E-state index contributed by atoms with van der Waals surface area (Å²) in [7, 11) is 1.58. The molecule has 1 heterocycles. The maximum atomic E-state index is 13.3. The van der Waals surface area contributed by atoms with E-state index in [0.29, 0.717) is 35.6 Å². The Bertz CT molecular complexity index is 1090. The summed E-state index contributed by atoms with van der Waals surface area (Å²) in [6.07, 6.45) is 0.616. The largest absolute Gasteiger partial charge is 0.385 e. The molecule has 0 aliphatic carbocycles. The third-order valence-electron chi connectivity index (χ3n) is 4.09. The van der Waals surface area contributed by atoms with Crippen molar-refractivity contribution >= 4 is 34.3 Å². The number of ether oxygens (including phenoxy) is 1. The van der Waals surface area contributed by atoms with Crippen LogP contribution in [0.25, 0.3) is 10.9 Å². The fraction of sp³-hybridized carbons (Fsp3) is 0.250. The van der Waals surface area contributed by atoms with Gasteiger partial charge in [-0.3, -0.25) is 14.2 Å². The molecule has 1 aromatic heterocycles. The molecule has 0 radical (unpaired) electrons. The zero-order chi connectivity index (χ0) is 20.8. The number of rotatable bonds is 8. The van der Waals surface area contributed by atoms with Crippen LogP contribution in [-0.2, 0) is 16.1 Å². The number of methoxy groups -OCH3 is 1. The van der Waals surface area contributed by atoms with E-state index in [-0.39, 0.29) is 17.0 Å². The number of para-hydroxylation sites is 1. The number of carbonyl (C=O) groups is 1. The van der Waals surface area contributed by atoms with Crippen molar-refractivity contribution in [1.82, 2.24) is 9.55 Å². The van der Waals surface area contributed by atoms with Gasteiger partial charge in [0.1, 0.15) is 0 Å². The number of hydrogen-bond acceptors (Lipinski definition) is 5. The molecule has 2 aromatic carbocycles. The third kappa shape index (κ3) is 5.18. The van der Waals surface area contributed by atoms with E-state index in [1.54, 1.807) is 31.4 Å². The Labute approximate surface area is 169 Å². The van der Waals surface area contributed by atoms with Crippen molar-refractivity contribution in [3.63, 3.8) is 0 Å². The number of halogens is 2. The molecular formula is C20H19F2N3O3S. The van der Waals surface area contributed by atoms with Crippen molar-refractivity contribution < 1.29 is 18.3 Å². The van der Waals surface area contributed by atoms with Crippen molar-refractivity contribution in [1.29, 1.82) is 0 Å². The number of benzene rings is 2. The maximum Gasteiger partial charge on any atom is 0.262 e. The number of thioether (sulfide) groups is 1. The Morgan fingerprint density at radius 1 is 1.21 bits per heavy atom. The molecule has 1 amide bonds. The number of anilines is 1. The summed E-state index contributed by atoms with van der Waals surface area (Å²) in [5.41, 5.74) is 0.512. The first-order valence-corrected chi connectivity index (χ1v) is 9.84. The van der Waals surface area contributed by atoms with Crippen molar-refractivity contribution in [2.24, 2.45) is 0 Å². The summed E-state index contributed by atoms with van der Waals surface area (Å²) in [5, 5.41) is 3.41. The first-order valence-electron chi connectivity index (χ1n) is 8.86. The molecular weight excluding hydrogens is 400 g/mol. The normalized spacial score (nSPS) is 11.0. The molecule has 1 N–H and O–H groups in total. The molecule has 3 aromatic rings. The summed E-state index contributed by atoms with van der Waals surface area (Å²) in [6, 6.07) is 10.1. The van der Waals surface area contributed by atoms with Crippen LogP contribution < -0.4 is 10.9 Å². The molecule has 0 fully saturated rings. The van der Waals surface area contributed by atoms with Gasteiger partial charge in [0.25, 0.3) is 5.56 Å². The van der Waals surface area contributed by atoms with Crippen LogP contribution >= 0.6 is 11.8 Å². The average Bonchev–Trinajstić information content (AvgIpc) is 2.71. The van der Waals surface area contributed by atoms with E-state index >= 15 is 0 Å². The Hall–Kier alpha value is -2.78. The molecule has 0 saturated heterocycles. The fourth-order valence-corrected chi connectivity index (χ4v) is 3.55. The molecule has 0 spiro atoms. The van der Waals surface area contributed by atoms with Crippen LogP contribution in [0, 0.1) is 11.6 Å². The van der Waals surface area contributed by atoms with Gasteiger partial charge in [-0.05, 0) is 30.7 Å². The number of amides is 1. The predicted molar refractivity (Wildman–Crippen MR) is 108 cm³/mol. The highest BCUT2D eigenvalue weighted by Gasteiger charge is 2.14. The molecule has 152 valence electrons. The molecule has 0 bridgehead atoms. The van der Waals surface area contributed by atoms with E-state index < -0.39 is 17.5 Å². The van der Waals surface area contributed by atoms with Gasteiger partial charge >= 0.3 is 0 Å². The highest BCUT2D eigenvalue weighted by Crippen LogP contribution is 2.19. The summed E-state index contributed by atoms with van der Waals surface area (Å²) in [5.74, 6) is -2.50. The first-order chi connectivity index (χ1) is 14.0. The van der Waals surface area contributed by atoms with E-state index in [1.807, 2.05) is 0 Å². The van der Waals surface area contributed by atoms with Crippen molar-refractivity contribution in [3.05, 3.63) is 64.5 Å². The van der Waals surface area contributed by atoms with Gasteiger partial charge in [-0.2, -0.15) is 0 Å². The second kappa shape index (κ2) is 9.62. The Morgan fingerprint density at radius 2 is 2.00 bits per heavy atom. The van der Waals surface area contributed by atoms with Crippen LogP contribution in [0.15, 0.2) is 52.4 Å². The highest BCUT2D eigenvalue weighted by atomic mass is 32.2. The molecule has 0 aliphatic rings. The first kappa shape index (κ1) is 20.9. The van der Waals surface area contributed by atoms with Crippen molar-refractivity contribution in [3.8, 4) is 0 Å². The van der Waals surface area contributed by atoms with Gasteiger partial charge in [0.05, 0.1) is 16.7 Å².